The molecule has 0 aromatic carbocycles. The summed E-state index contributed by atoms with van der Waals surface area (Å²) in [5, 5.41) is 0. The SMILES string of the molecule is CCCCCCCCCCCCCCCCC1CCC1.C[N+](C)(C)CCOP(=O)(O)O. The fourth-order valence-electron chi connectivity index (χ4n) is 3.84. The van der Waals surface area contributed by atoms with Crippen LogP contribution in [0.5, 0.6) is 0 Å². The van der Waals surface area contributed by atoms with Crippen molar-refractivity contribution in [1.82, 2.24) is 0 Å². The molecule has 31 heavy (non-hydrogen) atoms. The van der Waals surface area contributed by atoms with Crippen molar-refractivity contribution < 1.29 is 23.4 Å². The first-order valence-corrected chi connectivity index (χ1v) is 14.7. The Bertz CT molecular complexity index is 430. The largest absolute Gasteiger partial charge is 0.469 e. The van der Waals surface area contributed by atoms with Crippen LogP contribution < -0.4 is 0 Å². The molecule has 0 aromatic rings. The number of hydrogen-bond acceptors (Lipinski definition) is 2. The second-order valence-corrected chi connectivity index (χ2v) is 11.8. The molecule has 5 nitrogen and oxygen atoms in total. The van der Waals surface area contributed by atoms with Gasteiger partial charge in [0.1, 0.15) is 13.2 Å². The van der Waals surface area contributed by atoms with Gasteiger partial charge in [0.05, 0.1) is 21.1 Å². The van der Waals surface area contributed by atoms with E-state index in [0.29, 0.717) is 11.0 Å². The lowest BCUT2D eigenvalue weighted by molar-refractivity contribution is -0.870. The summed E-state index contributed by atoms with van der Waals surface area (Å²) < 4.78 is 15.1. The molecular weight excluding hydrogens is 409 g/mol. The Kier molecular flexibility index (Phi) is 19.6. The average Bonchev–Trinajstić information content (AvgIpc) is 2.62. The van der Waals surface area contributed by atoms with Gasteiger partial charge in [-0.1, -0.05) is 122 Å². The zero-order valence-electron chi connectivity index (χ0n) is 21.3. The zero-order chi connectivity index (χ0) is 23.4. The Morgan fingerprint density at radius 1 is 0.774 bits per heavy atom. The number of unbranched alkanes of at least 4 members (excludes halogenated alkanes) is 13. The number of likely N-dealkylation sites (N-methyl/N-ethyl adjacent to an activating group) is 1. The van der Waals surface area contributed by atoms with Crippen molar-refractivity contribution in [3.05, 3.63) is 0 Å². The molecule has 1 rings (SSSR count). The lowest BCUT2D eigenvalue weighted by Crippen LogP contribution is -2.37. The maximum Gasteiger partial charge on any atom is 0.469 e. The Morgan fingerprint density at radius 2 is 1.19 bits per heavy atom. The second kappa shape index (κ2) is 19.5. The molecule has 6 heteroatoms. The first-order chi connectivity index (χ1) is 14.6. The zero-order valence-corrected chi connectivity index (χ0v) is 22.2. The topological polar surface area (TPSA) is 66.8 Å². The number of hydrogen-bond donors (Lipinski definition) is 2. The van der Waals surface area contributed by atoms with E-state index in [4.69, 9.17) is 9.79 Å². The van der Waals surface area contributed by atoms with Crippen LogP contribution in [0.25, 0.3) is 0 Å². The number of nitrogens with zero attached hydrogens (tertiary/aromatic N) is 1. The quantitative estimate of drug-likeness (QED) is 0.118. The van der Waals surface area contributed by atoms with E-state index < -0.39 is 7.82 Å². The number of phosphoric acid groups is 1. The van der Waals surface area contributed by atoms with Crippen molar-refractivity contribution in [1.29, 1.82) is 0 Å². The predicted octanol–water partition coefficient (Wildman–Crippen LogP) is 7.46. The van der Waals surface area contributed by atoms with Gasteiger partial charge in [0.25, 0.3) is 0 Å². The van der Waals surface area contributed by atoms with E-state index in [-0.39, 0.29) is 6.61 Å². The molecular formula is C25H55NO4P+. The molecule has 0 bridgehead atoms. The van der Waals surface area contributed by atoms with Crippen molar-refractivity contribution in [3.8, 4) is 0 Å². The van der Waals surface area contributed by atoms with Gasteiger partial charge >= 0.3 is 7.82 Å². The van der Waals surface area contributed by atoms with Crippen molar-refractivity contribution in [2.24, 2.45) is 5.92 Å². The van der Waals surface area contributed by atoms with Crippen LogP contribution in [0.4, 0.5) is 0 Å². The van der Waals surface area contributed by atoms with E-state index in [1.165, 1.54) is 103 Å². The molecule has 0 unspecified atom stereocenters. The molecule has 0 atom stereocenters. The van der Waals surface area contributed by atoms with Crippen molar-refractivity contribution in [3.63, 3.8) is 0 Å². The fraction of sp³-hybridized carbons (Fsp3) is 1.00. The number of rotatable bonds is 19. The van der Waals surface area contributed by atoms with Crippen molar-refractivity contribution in [2.45, 2.75) is 122 Å². The van der Waals surface area contributed by atoms with Crippen LogP contribution in [0.15, 0.2) is 0 Å². The Morgan fingerprint density at radius 3 is 1.52 bits per heavy atom. The molecule has 0 aromatic heterocycles. The third-order valence-corrected chi connectivity index (χ3v) is 6.73. The van der Waals surface area contributed by atoms with Crippen molar-refractivity contribution in [2.75, 3.05) is 34.3 Å². The molecule has 1 saturated carbocycles. The van der Waals surface area contributed by atoms with E-state index in [0.717, 1.165) is 5.92 Å². The Hall–Kier alpha value is 0.0700. The fourth-order valence-corrected chi connectivity index (χ4v) is 4.16. The molecule has 0 aliphatic heterocycles. The summed E-state index contributed by atoms with van der Waals surface area (Å²) in [6.45, 7) is 2.95. The van der Waals surface area contributed by atoms with Gasteiger partial charge in [-0.25, -0.2) is 4.57 Å². The van der Waals surface area contributed by atoms with Gasteiger partial charge in [-0.15, -0.1) is 0 Å². The predicted molar refractivity (Wildman–Crippen MR) is 133 cm³/mol. The van der Waals surface area contributed by atoms with Gasteiger partial charge in [0, 0.05) is 0 Å². The van der Waals surface area contributed by atoms with Crippen LogP contribution in [-0.2, 0) is 9.09 Å². The van der Waals surface area contributed by atoms with Crippen molar-refractivity contribution >= 4 is 7.82 Å². The molecule has 0 spiro atoms. The summed E-state index contributed by atoms with van der Waals surface area (Å²) in [7, 11) is 1.50. The smallest absolute Gasteiger partial charge is 0.329 e. The standard InChI is InChI=1S/C20H40.C5H14NO4P/c1-2-3-4-5-6-7-8-9-10-11-12-13-14-15-17-20-18-16-19-20;1-6(2,3)4-5-10-11(7,8)9/h20H,2-19H2,1H3;4-5H2,1-3H3,(H-,7,8,9)/p+1. The molecule has 188 valence electrons. The highest BCUT2D eigenvalue weighted by molar-refractivity contribution is 7.46. The molecule has 1 fully saturated rings. The van der Waals surface area contributed by atoms with E-state index in [1.54, 1.807) is 12.8 Å². The monoisotopic (exact) mass is 464 g/mol. The van der Waals surface area contributed by atoms with E-state index in [2.05, 4.69) is 11.4 Å². The highest BCUT2D eigenvalue weighted by Gasteiger charge is 2.16. The average molecular weight is 465 g/mol. The van der Waals surface area contributed by atoms with E-state index in [1.807, 2.05) is 21.1 Å². The summed E-state index contributed by atoms with van der Waals surface area (Å²) >= 11 is 0. The Balaban J connectivity index is 0.000000695. The van der Waals surface area contributed by atoms with Gasteiger partial charge in [0.15, 0.2) is 0 Å². The second-order valence-electron chi connectivity index (χ2n) is 10.5. The molecule has 2 N–H and O–H groups in total. The molecule has 1 aliphatic carbocycles. The maximum absolute atomic E-state index is 10.2. The summed E-state index contributed by atoms with van der Waals surface area (Å²) in [6.07, 6.45) is 26.9. The molecule has 0 heterocycles. The summed E-state index contributed by atoms with van der Waals surface area (Å²) in [5.74, 6) is 1.13. The highest BCUT2D eigenvalue weighted by Crippen LogP contribution is 2.35. The third-order valence-electron chi connectivity index (χ3n) is 6.21. The highest BCUT2D eigenvalue weighted by atomic mass is 31.2. The number of phosphoric ester groups is 1. The molecule has 0 saturated heterocycles. The first-order valence-electron chi connectivity index (χ1n) is 13.1. The molecule has 1 aliphatic rings. The van der Waals surface area contributed by atoms with Crippen LogP contribution >= 0.6 is 7.82 Å². The lowest BCUT2D eigenvalue weighted by Gasteiger charge is -2.24. The van der Waals surface area contributed by atoms with Crippen LogP contribution in [0.2, 0.25) is 0 Å². The van der Waals surface area contributed by atoms with Gasteiger partial charge in [0.2, 0.25) is 0 Å². The normalized spacial score (nSPS) is 14.8. The summed E-state index contributed by atoms with van der Waals surface area (Å²) in [5.41, 5.74) is 0. The van der Waals surface area contributed by atoms with Crippen LogP contribution in [-0.4, -0.2) is 48.6 Å². The minimum atomic E-state index is -4.26. The first kappa shape index (κ1) is 31.1. The van der Waals surface area contributed by atoms with Crippen LogP contribution in [0, 0.1) is 5.92 Å². The molecule has 0 amide bonds. The maximum atomic E-state index is 10.2. The minimum absolute atomic E-state index is 0.0772. The summed E-state index contributed by atoms with van der Waals surface area (Å²) in [6, 6.07) is 0. The number of quaternary nitrogens is 1. The Labute approximate surface area is 194 Å². The van der Waals surface area contributed by atoms with Gasteiger partial charge in [-0.2, -0.15) is 0 Å². The minimum Gasteiger partial charge on any atom is -0.329 e. The molecule has 0 radical (unpaired) electrons. The third kappa shape index (κ3) is 26.2. The van der Waals surface area contributed by atoms with Crippen LogP contribution in [0.3, 0.4) is 0 Å². The van der Waals surface area contributed by atoms with Gasteiger partial charge in [-0.05, 0) is 5.92 Å². The van der Waals surface area contributed by atoms with E-state index >= 15 is 0 Å². The summed E-state index contributed by atoms with van der Waals surface area (Å²) in [4.78, 5) is 16.6. The van der Waals surface area contributed by atoms with Crippen LogP contribution in [0.1, 0.15) is 122 Å². The van der Waals surface area contributed by atoms with Gasteiger partial charge in [-0.3, -0.25) is 4.52 Å². The lowest BCUT2D eigenvalue weighted by atomic mass is 9.81. The van der Waals surface area contributed by atoms with Gasteiger partial charge < -0.3 is 14.3 Å². The van der Waals surface area contributed by atoms with E-state index in [9.17, 15) is 4.57 Å².